The third kappa shape index (κ3) is 4.23. The van der Waals surface area contributed by atoms with Crippen molar-refractivity contribution in [2.24, 2.45) is 0 Å². The molecule has 0 aromatic carbocycles. The van der Waals surface area contributed by atoms with Crippen molar-refractivity contribution in [3.63, 3.8) is 0 Å². The Morgan fingerprint density at radius 1 is 1.62 bits per heavy atom. The van der Waals surface area contributed by atoms with Crippen molar-refractivity contribution in [3.8, 4) is 0 Å². The molecule has 0 saturated heterocycles. The van der Waals surface area contributed by atoms with Crippen LogP contribution >= 0.6 is 0 Å². The maximum atomic E-state index is 11.2. The second kappa shape index (κ2) is 5.21. The lowest BCUT2D eigenvalue weighted by atomic mass is 11.5. The van der Waals surface area contributed by atoms with E-state index in [1.807, 2.05) is 6.55 Å². The third-order valence-corrected chi connectivity index (χ3v) is 2.34. The molecule has 0 spiro atoms. The summed E-state index contributed by atoms with van der Waals surface area (Å²) in [5, 5.41) is 0. The van der Waals surface area contributed by atoms with Crippen LogP contribution in [0.2, 0.25) is 6.55 Å². The van der Waals surface area contributed by atoms with Crippen LogP contribution in [0.4, 0.5) is 4.39 Å². The second-order valence-electron chi connectivity index (χ2n) is 1.53. The van der Waals surface area contributed by atoms with Gasteiger partial charge in [-0.25, -0.2) is 4.39 Å². The molecule has 0 aromatic heterocycles. The fraction of sp³-hybridized carbons (Fsp3) is 1.00. The van der Waals surface area contributed by atoms with E-state index >= 15 is 0 Å². The van der Waals surface area contributed by atoms with Gasteiger partial charge in [0.1, 0.15) is 0 Å². The Bertz CT molecular complexity index is 53.3. The highest BCUT2D eigenvalue weighted by molar-refractivity contribution is 6.49. The Kier molecular flexibility index (Phi) is 5.25. The number of hydrogen-bond donors (Lipinski definition) is 0. The molecule has 1 atom stereocenters. The molecule has 4 heteroatoms. The average Bonchev–Trinajstić information content (AvgIpc) is 1.83. The van der Waals surface area contributed by atoms with Crippen molar-refractivity contribution < 1.29 is 13.6 Å². The predicted octanol–water partition coefficient (Wildman–Crippen LogP) is 0.469. The first-order valence-corrected chi connectivity index (χ1v) is 4.92. The zero-order valence-corrected chi connectivity index (χ0v) is 6.34. The van der Waals surface area contributed by atoms with Crippen LogP contribution in [0.15, 0.2) is 0 Å². The summed E-state index contributed by atoms with van der Waals surface area (Å²) in [6.07, 6.45) is 0.465. The SMILES string of the molecule is CO[SiH](C)COCF. The van der Waals surface area contributed by atoms with Crippen molar-refractivity contribution in [1.82, 2.24) is 0 Å². The number of rotatable bonds is 4. The predicted molar refractivity (Wildman–Crippen MR) is 31.9 cm³/mol. The van der Waals surface area contributed by atoms with E-state index in [0.29, 0.717) is 6.23 Å². The van der Waals surface area contributed by atoms with Crippen LogP contribution in [0.3, 0.4) is 0 Å². The summed E-state index contributed by atoms with van der Waals surface area (Å²) < 4.78 is 20.6. The normalized spacial score (nSPS) is 13.9. The van der Waals surface area contributed by atoms with E-state index in [9.17, 15) is 4.39 Å². The minimum Gasteiger partial charge on any atom is -0.421 e. The van der Waals surface area contributed by atoms with Gasteiger partial charge in [-0.1, -0.05) is 0 Å². The van der Waals surface area contributed by atoms with Crippen molar-refractivity contribution in [1.29, 1.82) is 0 Å². The van der Waals surface area contributed by atoms with Crippen LogP contribution < -0.4 is 0 Å². The van der Waals surface area contributed by atoms with Crippen LogP contribution in [0.25, 0.3) is 0 Å². The summed E-state index contributed by atoms with van der Waals surface area (Å²) in [6, 6.07) is 0. The van der Waals surface area contributed by atoms with E-state index in [1.165, 1.54) is 0 Å². The maximum absolute atomic E-state index is 11.2. The molecule has 1 unspecified atom stereocenters. The van der Waals surface area contributed by atoms with Crippen LogP contribution in [0.5, 0.6) is 0 Å². The lowest BCUT2D eigenvalue weighted by Crippen LogP contribution is -2.18. The van der Waals surface area contributed by atoms with E-state index in [2.05, 4.69) is 4.74 Å². The van der Waals surface area contributed by atoms with Gasteiger partial charge in [0.15, 0.2) is 15.9 Å². The van der Waals surface area contributed by atoms with Gasteiger partial charge in [0.2, 0.25) is 0 Å². The molecule has 0 N–H and O–H groups in total. The average molecular weight is 138 g/mol. The molecule has 0 aliphatic rings. The van der Waals surface area contributed by atoms with E-state index in [0.717, 1.165) is 0 Å². The zero-order chi connectivity index (χ0) is 6.41. The first-order chi connectivity index (χ1) is 3.81. The van der Waals surface area contributed by atoms with E-state index < -0.39 is 15.9 Å². The van der Waals surface area contributed by atoms with E-state index in [-0.39, 0.29) is 0 Å². The molecule has 0 aliphatic carbocycles. The Morgan fingerprint density at radius 3 is 2.62 bits per heavy atom. The van der Waals surface area contributed by atoms with Gasteiger partial charge >= 0.3 is 0 Å². The smallest absolute Gasteiger partial charge is 0.198 e. The van der Waals surface area contributed by atoms with Gasteiger partial charge in [0, 0.05) is 7.11 Å². The Labute approximate surface area is 50.3 Å². The number of hydrogen-bond acceptors (Lipinski definition) is 2. The van der Waals surface area contributed by atoms with Gasteiger partial charge in [-0.15, -0.1) is 0 Å². The summed E-state index contributed by atoms with van der Waals surface area (Å²) in [4.78, 5) is 0. The Hall–Kier alpha value is 0.0669. The minimum absolute atomic E-state index is 0.465. The Morgan fingerprint density at radius 2 is 2.25 bits per heavy atom. The van der Waals surface area contributed by atoms with Gasteiger partial charge in [-0.3, -0.25) is 0 Å². The highest BCUT2D eigenvalue weighted by Crippen LogP contribution is 1.83. The van der Waals surface area contributed by atoms with E-state index in [1.54, 1.807) is 7.11 Å². The van der Waals surface area contributed by atoms with Gasteiger partial charge in [0.25, 0.3) is 0 Å². The molecular formula is C4H11FO2Si. The molecule has 8 heavy (non-hydrogen) atoms. The molecule has 50 valence electrons. The number of halogens is 1. The van der Waals surface area contributed by atoms with Gasteiger partial charge < -0.3 is 9.16 Å². The van der Waals surface area contributed by atoms with Crippen LogP contribution in [0, 0.1) is 0 Å². The van der Waals surface area contributed by atoms with Crippen molar-refractivity contribution in [2.75, 3.05) is 20.2 Å². The largest absolute Gasteiger partial charge is 0.421 e. The molecule has 2 nitrogen and oxygen atoms in total. The zero-order valence-electron chi connectivity index (χ0n) is 5.19. The molecule has 0 rings (SSSR count). The highest BCUT2D eigenvalue weighted by atomic mass is 28.3. The summed E-state index contributed by atoms with van der Waals surface area (Å²) in [5.74, 6) is 0. The van der Waals surface area contributed by atoms with Crippen molar-refractivity contribution >= 4 is 9.04 Å². The number of alkyl halides is 1. The molecular weight excluding hydrogens is 127 g/mol. The number of ether oxygens (including phenoxy) is 1. The molecule has 0 radical (unpaired) electrons. The van der Waals surface area contributed by atoms with E-state index in [4.69, 9.17) is 4.43 Å². The van der Waals surface area contributed by atoms with Gasteiger partial charge in [-0.05, 0) is 6.55 Å². The van der Waals surface area contributed by atoms with Gasteiger partial charge in [-0.2, -0.15) is 0 Å². The van der Waals surface area contributed by atoms with Crippen molar-refractivity contribution in [2.45, 2.75) is 6.55 Å². The molecule has 0 aromatic rings. The monoisotopic (exact) mass is 138 g/mol. The molecule has 0 heterocycles. The topological polar surface area (TPSA) is 18.5 Å². The molecule has 0 amide bonds. The van der Waals surface area contributed by atoms with Gasteiger partial charge in [0.05, 0.1) is 6.23 Å². The lowest BCUT2D eigenvalue weighted by molar-refractivity contribution is 0.0810. The molecule has 0 aliphatic heterocycles. The first-order valence-electron chi connectivity index (χ1n) is 2.47. The Balaban J connectivity index is 2.86. The molecule has 0 saturated carbocycles. The third-order valence-electron chi connectivity index (χ3n) is 0.832. The van der Waals surface area contributed by atoms with Crippen LogP contribution in [-0.2, 0) is 9.16 Å². The summed E-state index contributed by atoms with van der Waals surface area (Å²) in [6.45, 7) is 1.26. The molecule has 0 bridgehead atoms. The fourth-order valence-corrected chi connectivity index (χ4v) is 0.836. The fourth-order valence-electron chi connectivity index (χ4n) is 0.279. The first kappa shape index (κ1) is 8.07. The summed E-state index contributed by atoms with van der Waals surface area (Å²) in [5.41, 5.74) is 0. The summed E-state index contributed by atoms with van der Waals surface area (Å²) in [7, 11) is 0.462. The minimum atomic E-state index is -1.16. The van der Waals surface area contributed by atoms with Crippen LogP contribution in [-0.4, -0.2) is 29.2 Å². The molecule has 0 fully saturated rings. The summed E-state index contributed by atoms with van der Waals surface area (Å²) >= 11 is 0. The maximum Gasteiger partial charge on any atom is 0.198 e. The van der Waals surface area contributed by atoms with Crippen molar-refractivity contribution in [3.05, 3.63) is 0 Å². The standard InChI is InChI=1S/C4H11FO2Si/c1-6-8(2)4-7-3-5/h8H,3-4H2,1-2H3. The second-order valence-corrected chi connectivity index (χ2v) is 3.95. The highest BCUT2D eigenvalue weighted by Gasteiger charge is 1.99. The quantitative estimate of drug-likeness (QED) is 0.526. The lowest BCUT2D eigenvalue weighted by Gasteiger charge is -2.04. The van der Waals surface area contributed by atoms with Crippen LogP contribution in [0.1, 0.15) is 0 Å².